The van der Waals surface area contributed by atoms with E-state index in [0.29, 0.717) is 0 Å². The number of carbonyl (C=O) groups excluding carboxylic acids is 1. The largest absolute Gasteiger partial charge is 0.287 e. The van der Waals surface area contributed by atoms with E-state index in [1.807, 2.05) is 0 Å². The van der Waals surface area contributed by atoms with Gasteiger partial charge in [-0.15, -0.1) is 0 Å². The van der Waals surface area contributed by atoms with E-state index in [-0.39, 0.29) is 16.3 Å². The molecule has 2 aromatic rings. The summed E-state index contributed by atoms with van der Waals surface area (Å²) in [7, 11) is 0. The minimum absolute atomic E-state index is 0.0249. The van der Waals surface area contributed by atoms with Crippen LogP contribution in [0, 0.1) is 5.82 Å². The van der Waals surface area contributed by atoms with Gasteiger partial charge < -0.3 is 0 Å². The number of hydrogen-bond donors (Lipinski definition) is 0. The zero-order valence-corrected chi connectivity index (χ0v) is 8.91. The molecule has 0 atom stereocenters. The first-order valence-electron chi connectivity index (χ1n) is 4.59. The Morgan fingerprint density at radius 1 is 1.25 bits per heavy atom. The monoisotopic (exact) mass is 235 g/mol. The molecule has 1 aromatic carbocycles. The Labute approximate surface area is 96.7 Å². The number of benzene rings is 1. The minimum atomic E-state index is -0.636. The highest BCUT2D eigenvalue weighted by atomic mass is 35.5. The van der Waals surface area contributed by atoms with Crippen LogP contribution in [-0.2, 0) is 0 Å². The Morgan fingerprint density at radius 3 is 2.69 bits per heavy atom. The van der Waals surface area contributed by atoms with Crippen LogP contribution in [0.25, 0.3) is 0 Å². The lowest BCUT2D eigenvalue weighted by molar-refractivity contribution is 0.103. The third kappa shape index (κ3) is 2.09. The quantitative estimate of drug-likeness (QED) is 0.749. The van der Waals surface area contributed by atoms with Crippen molar-refractivity contribution in [3.05, 3.63) is 64.7 Å². The third-order valence-corrected chi connectivity index (χ3v) is 2.31. The van der Waals surface area contributed by atoms with E-state index in [9.17, 15) is 9.18 Å². The second-order valence-corrected chi connectivity index (χ2v) is 3.60. The van der Waals surface area contributed by atoms with Crippen LogP contribution in [0.4, 0.5) is 4.39 Å². The van der Waals surface area contributed by atoms with Crippen LogP contribution in [-0.4, -0.2) is 10.8 Å². The van der Waals surface area contributed by atoms with E-state index >= 15 is 0 Å². The van der Waals surface area contributed by atoms with Gasteiger partial charge in [0.1, 0.15) is 11.5 Å². The van der Waals surface area contributed by atoms with Gasteiger partial charge in [0, 0.05) is 11.2 Å². The van der Waals surface area contributed by atoms with E-state index in [1.165, 1.54) is 24.4 Å². The predicted molar refractivity (Wildman–Crippen MR) is 59.1 cm³/mol. The number of halogens is 2. The standard InChI is InChI=1S/C12H7ClFNO/c13-8-4-5-9(10(14)7-8)12(16)11-3-1-2-6-15-11/h1-7H. The summed E-state index contributed by atoms with van der Waals surface area (Å²) in [4.78, 5) is 15.7. The van der Waals surface area contributed by atoms with Crippen molar-refractivity contribution in [1.29, 1.82) is 0 Å². The van der Waals surface area contributed by atoms with Crippen molar-refractivity contribution >= 4 is 17.4 Å². The van der Waals surface area contributed by atoms with Crippen molar-refractivity contribution in [2.75, 3.05) is 0 Å². The summed E-state index contributed by atoms with van der Waals surface area (Å²) in [6.45, 7) is 0. The van der Waals surface area contributed by atoms with Gasteiger partial charge in [-0.05, 0) is 30.3 Å². The first-order chi connectivity index (χ1) is 7.68. The summed E-state index contributed by atoms with van der Waals surface area (Å²) >= 11 is 5.60. The minimum Gasteiger partial charge on any atom is -0.287 e. The fourth-order valence-electron chi connectivity index (χ4n) is 1.31. The molecular weight excluding hydrogens is 229 g/mol. The number of nitrogens with zero attached hydrogens (tertiary/aromatic N) is 1. The lowest BCUT2D eigenvalue weighted by atomic mass is 10.1. The number of ketones is 1. The van der Waals surface area contributed by atoms with Crippen LogP contribution in [0.5, 0.6) is 0 Å². The second-order valence-electron chi connectivity index (χ2n) is 3.17. The highest BCUT2D eigenvalue weighted by molar-refractivity contribution is 6.30. The van der Waals surface area contributed by atoms with Crippen LogP contribution < -0.4 is 0 Å². The number of rotatable bonds is 2. The number of aromatic nitrogens is 1. The molecule has 0 bridgehead atoms. The van der Waals surface area contributed by atoms with E-state index < -0.39 is 11.6 Å². The first-order valence-corrected chi connectivity index (χ1v) is 4.97. The molecule has 0 aliphatic carbocycles. The molecule has 1 heterocycles. The second kappa shape index (κ2) is 4.41. The normalized spacial score (nSPS) is 10.1. The van der Waals surface area contributed by atoms with Gasteiger partial charge in [0.25, 0.3) is 0 Å². The molecule has 0 radical (unpaired) electrons. The van der Waals surface area contributed by atoms with Crippen LogP contribution in [0.2, 0.25) is 5.02 Å². The summed E-state index contributed by atoms with van der Waals surface area (Å²) in [6.07, 6.45) is 1.49. The molecule has 0 saturated carbocycles. The summed E-state index contributed by atoms with van der Waals surface area (Å²) in [6, 6.07) is 8.84. The van der Waals surface area contributed by atoms with Crippen molar-refractivity contribution in [3.63, 3.8) is 0 Å². The summed E-state index contributed by atoms with van der Waals surface area (Å²) < 4.78 is 13.5. The lowest BCUT2D eigenvalue weighted by Gasteiger charge is -2.01. The van der Waals surface area contributed by atoms with Crippen LogP contribution in [0.1, 0.15) is 16.1 Å². The molecule has 0 spiro atoms. The molecule has 2 rings (SSSR count). The topological polar surface area (TPSA) is 30.0 Å². The Bertz CT molecular complexity index is 528. The Hall–Kier alpha value is -1.74. The lowest BCUT2D eigenvalue weighted by Crippen LogP contribution is -2.05. The smallest absolute Gasteiger partial charge is 0.214 e. The molecule has 80 valence electrons. The summed E-state index contributed by atoms with van der Waals surface area (Å²) in [5, 5.41) is 0.259. The Morgan fingerprint density at radius 2 is 2.06 bits per heavy atom. The molecule has 16 heavy (non-hydrogen) atoms. The maximum absolute atomic E-state index is 13.5. The molecule has 0 unspecified atom stereocenters. The Balaban J connectivity index is 2.42. The SMILES string of the molecule is O=C(c1ccccn1)c1ccc(Cl)cc1F. The molecule has 0 aliphatic rings. The molecule has 0 amide bonds. The highest BCUT2D eigenvalue weighted by Crippen LogP contribution is 2.17. The van der Waals surface area contributed by atoms with Crippen molar-refractivity contribution in [2.45, 2.75) is 0 Å². The van der Waals surface area contributed by atoms with Gasteiger partial charge in [0.15, 0.2) is 0 Å². The van der Waals surface area contributed by atoms with Crippen molar-refractivity contribution in [3.8, 4) is 0 Å². The first kappa shape index (κ1) is 10.8. The summed E-state index contributed by atoms with van der Waals surface area (Å²) in [5.41, 5.74) is 0.187. The average Bonchev–Trinajstić information content (AvgIpc) is 2.29. The van der Waals surface area contributed by atoms with E-state index in [1.54, 1.807) is 12.1 Å². The fourth-order valence-corrected chi connectivity index (χ4v) is 1.47. The number of carbonyl (C=O) groups is 1. The zero-order chi connectivity index (χ0) is 11.5. The molecule has 0 aliphatic heterocycles. The molecule has 4 heteroatoms. The molecule has 0 N–H and O–H groups in total. The van der Waals surface area contributed by atoms with E-state index in [4.69, 9.17) is 11.6 Å². The van der Waals surface area contributed by atoms with Crippen molar-refractivity contribution in [2.24, 2.45) is 0 Å². The molecule has 2 nitrogen and oxygen atoms in total. The summed E-state index contributed by atoms with van der Waals surface area (Å²) in [5.74, 6) is -1.09. The zero-order valence-electron chi connectivity index (χ0n) is 8.15. The number of pyridine rings is 1. The Kier molecular flexibility index (Phi) is 2.97. The predicted octanol–water partition coefficient (Wildman–Crippen LogP) is 3.11. The van der Waals surface area contributed by atoms with Crippen LogP contribution in [0.3, 0.4) is 0 Å². The van der Waals surface area contributed by atoms with Gasteiger partial charge in [-0.1, -0.05) is 17.7 Å². The molecule has 1 aromatic heterocycles. The van der Waals surface area contributed by atoms with Crippen LogP contribution in [0.15, 0.2) is 42.6 Å². The van der Waals surface area contributed by atoms with Gasteiger partial charge in [-0.25, -0.2) is 4.39 Å². The van der Waals surface area contributed by atoms with Crippen LogP contribution >= 0.6 is 11.6 Å². The average molecular weight is 236 g/mol. The maximum atomic E-state index is 13.5. The van der Waals surface area contributed by atoms with Crippen molar-refractivity contribution in [1.82, 2.24) is 4.98 Å². The van der Waals surface area contributed by atoms with Gasteiger partial charge in [-0.2, -0.15) is 0 Å². The van der Waals surface area contributed by atoms with Gasteiger partial charge in [0.05, 0.1) is 5.56 Å². The highest BCUT2D eigenvalue weighted by Gasteiger charge is 2.14. The maximum Gasteiger partial charge on any atom is 0.214 e. The van der Waals surface area contributed by atoms with Gasteiger partial charge >= 0.3 is 0 Å². The van der Waals surface area contributed by atoms with E-state index in [2.05, 4.69) is 4.98 Å². The number of hydrogen-bond acceptors (Lipinski definition) is 2. The molecule has 0 saturated heterocycles. The van der Waals surface area contributed by atoms with Gasteiger partial charge in [0.2, 0.25) is 5.78 Å². The molecular formula is C12H7ClFNO. The van der Waals surface area contributed by atoms with E-state index in [0.717, 1.165) is 6.07 Å². The van der Waals surface area contributed by atoms with Crippen molar-refractivity contribution < 1.29 is 9.18 Å². The van der Waals surface area contributed by atoms with Gasteiger partial charge in [-0.3, -0.25) is 9.78 Å². The third-order valence-electron chi connectivity index (χ3n) is 2.07. The fraction of sp³-hybridized carbons (Fsp3) is 0. The molecule has 0 fully saturated rings.